The van der Waals surface area contributed by atoms with Crippen molar-refractivity contribution in [2.24, 2.45) is 0 Å². The normalized spacial score (nSPS) is 16.3. The summed E-state index contributed by atoms with van der Waals surface area (Å²) >= 11 is 0. The highest BCUT2D eigenvalue weighted by Crippen LogP contribution is 2.26. The number of carbonyl (C=O) groups excluding carboxylic acids is 3. The summed E-state index contributed by atoms with van der Waals surface area (Å²) in [6.45, 7) is 6.58. The second-order valence-corrected chi connectivity index (χ2v) is 21.1. The van der Waals surface area contributed by atoms with Crippen molar-refractivity contribution in [2.45, 2.75) is 353 Å². The summed E-state index contributed by atoms with van der Waals surface area (Å²) < 4.78 is 23.2. The fourth-order valence-corrected chi connectivity index (χ4v) is 9.89. The molecule has 1 aliphatic heterocycles. The van der Waals surface area contributed by atoms with Crippen LogP contribution >= 0.6 is 0 Å². The van der Waals surface area contributed by atoms with Crippen molar-refractivity contribution in [2.75, 3.05) is 13.2 Å². The Kier molecular flexibility index (Phi) is 47.6. The van der Waals surface area contributed by atoms with Crippen LogP contribution in [-0.4, -0.2) is 60.6 Å². The first-order chi connectivity index (χ1) is 33.4. The van der Waals surface area contributed by atoms with Crippen LogP contribution in [0.15, 0.2) is 0 Å². The van der Waals surface area contributed by atoms with E-state index in [0.717, 1.165) is 57.8 Å². The zero-order valence-corrected chi connectivity index (χ0v) is 45.5. The van der Waals surface area contributed by atoms with Crippen LogP contribution in [0.4, 0.5) is 0 Å². The third kappa shape index (κ3) is 41.0. The quantitative estimate of drug-likeness (QED) is 0.0365. The van der Waals surface area contributed by atoms with Crippen LogP contribution in [0.1, 0.15) is 329 Å². The Morgan fingerprint density at radius 1 is 0.382 bits per heavy atom. The summed E-state index contributed by atoms with van der Waals surface area (Å²) in [4.78, 5) is 38.8. The summed E-state index contributed by atoms with van der Waals surface area (Å²) in [5.41, 5.74) is 0. The zero-order chi connectivity index (χ0) is 49.2. The third-order valence-electron chi connectivity index (χ3n) is 14.4. The lowest BCUT2D eigenvalue weighted by Gasteiger charge is -2.26. The second kappa shape index (κ2) is 50.3. The van der Waals surface area contributed by atoms with E-state index in [1.165, 1.54) is 231 Å². The smallest absolute Gasteiger partial charge is 0.306 e. The minimum atomic E-state index is -1.21. The zero-order valence-electron chi connectivity index (χ0n) is 45.5. The van der Waals surface area contributed by atoms with E-state index in [9.17, 15) is 19.5 Å². The number of carbonyl (C=O) groups is 3. The molecule has 68 heavy (non-hydrogen) atoms. The molecule has 0 spiro atoms. The van der Waals surface area contributed by atoms with Gasteiger partial charge in [-0.25, -0.2) is 0 Å². The van der Waals surface area contributed by atoms with Crippen LogP contribution in [-0.2, 0) is 33.3 Å². The van der Waals surface area contributed by atoms with Gasteiger partial charge in [0.1, 0.15) is 18.8 Å². The SMILES string of the molecule is CCCCCCCCCCCCCCCCCC(=O)OC[C@@H](O)C1OC[C@H](OC(=O)CCCCCCCCCCCCCCCCC)[C@H]1OC(=O)CCCCCCCCCCCCCCCCC. The van der Waals surface area contributed by atoms with Crippen molar-refractivity contribution in [3.8, 4) is 0 Å². The first-order valence-corrected chi connectivity index (χ1v) is 30.3. The highest BCUT2D eigenvalue weighted by Gasteiger charge is 2.46. The number of rotatable bonds is 53. The number of aliphatic hydroxyl groups excluding tert-OH is 1. The Morgan fingerprint density at radius 2 is 0.632 bits per heavy atom. The topological polar surface area (TPSA) is 108 Å². The maximum atomic E-state index is 13.2. The number of unbranched alkanes of at least 4 members (excludes halogenated alkanes) is 42. The molecule has 8 heteroatoms. The minimum absolute atomic E-state index is 0.0241. The number of esters is 3. The van der Waals surface area contributed by atoms with E-state index < -0.39 is 24.4 Å². The van der Waals surface area contributed by atoms with Crippen LogP contribution in [0.25, 0.3) is 0 Å². The Hall–Kier alpha value is -1.67. The predicted molar refractivity (Wildman–Crippen MR) is 285 cm³/mol. The predicted octanol–water partition coefficient (Wildman–Crippen LogP) is 17.9. The summed E-state index contributed by atoms with van der Waals surface area (Å²) in [6, 6.07) is 0. The van der Waals surface area contributed by atoms with Crippen LogP contribution in [0.2, 0.25) is 0 Å². The molecule has 0 aliphatic carbocycles. The van der Waals surface area contributed by atoms with Gasteiger partial charge < -0.3 is 24.1 Å². The lowest BCUT2D eigenvalue weighted by Crippen LogP contribution is -2.45. The molecular weight excluding hydrogens is 849 g/mol. The van der Waals surface area contributed by atoms with Crippen molar-refractivity contribution >= 4 is 17.9 Å². The molecule has 0 bridgehead atoms. The van der Waals surface area contributed by atoms with Gasteiger partial charge in [0.2, 0.25) is 0 Å². The van der Waals surface area contributed by atoms with Crippen LogP contribution < -0.4 is 0 Å². The fraction of sp³-hybridized carbons (Fsp3) is 0.950. The Bertz CT molecular complexity index is 1100. The van der Waals surface area contributed by atoms with Gasteiger partial charge in [-0.05, 0) is 19.3 Å². The largest absolute Gasteiger partial charge is 0.463 e. The highest BCUT2D eigenvalue weighted by molar-refractivity contribution is 5.71. The van der Waals surface area contributed by atoms with E-state index >= 15 is 0 Å². The Morgan fingerprint density at radius 3 is 0.926 bits per heavy atom. The van der Waals surface area contributed by atoms with Gasteiger partial charge in [-0.15, -0.1) is 0 Å². The van der Waals surface area contributed by atoms with Gasteiger partial charge in [-0.1, -0.05) is 290 Å². The first kappa shape index (κ1) is 64.3. The molecule has 0 amide bonds. The van der Waals surface area contributed by atoms with Gasteiger partial charge in [0.15, 0.2) is 12.2 Å². The lowest BCUT2D eigenvalue weighted by molar-refractivity contribution is -0.170. The van der Waals surface area contributed by atoms with Gasteiger partial charge in [0, 0.05) is 19.3 Å². The second-order valence-electron chi connectivity index (χ2n) is 21.1. The van der Waals surface area contributed by atoms with Gasteiger partial charge in [0.25, 0.3) is 0 Å². The third-order valence-corrected chi connectivity index (χ3v) is 14.4. The molecule has 8 nitrogen and oxygen atoms in total. The maximum Gasteiger partial charge on any atom is 0.306 e. The molecular formula is C60H114O8. The van der Waals surface area contributed by atoms with Gasteiger partial charge in [-0.3, -0.25) is 14.4 Å². The summed E-state index contributed by atoms with van der Waals surface area (Å²) in [6.07, 6.45) is 53.6. The number of aliphatic hydroxyl groups is 1. The average Bonchev–Trinajstić information content (AvgIpc) is 3.72. The molecule has 1 heterocycles. The van der Waals surface area contributed by atoms with Crippen molar-refractivity contribution < 1.29 is 38.4 Å². The molecule has 1 unspecified atom stereocenters. The standard InChI is InChI=1S/C60H114O8/c1-4-7-10-13-16-19-22-25-28-31-34-37-40-43-46-49-56(62)65-52-54(61)59-60(68-58(64)51-48-45-42-39-36-33-30-27-24-21-18-15-12-9-6-3)55(53-66-59)67-57(63)50-47-44-41-38-35-32-29-26-23-20-17-14-11-8-5-2/h54-55,59-61H,4-53H2,1-3H3/t54-,55+,59?,60-/m1/s1. The molecule has 1 aliphatic rings. The molecule has 1 saturated heterocycles. The molecule has 1 N–H and O–H groups in total. The van der Waals surface area contributed by atoms with E-state index in [1.807, 2.05) is 0 Å². The van der Waals surface area contributed by atoms with E-state index in [4.69, 9.17) is 18.9 Å². The fourth-order valence-electron chi connectivity index (χ4n) is 9.89. The van der Waals surface area contributed by atoms with Crippen molar-refractivity contribution in [1.82, 2.24) is 0 Å². The molecule has 402 valence electrons. The van der Waals surface area contributed by atoms with Crippen molar-refractivity contribution in [3.63, 3.8) is 0 Å². The molecule has 1 fully saturated rings. The van der Waals surface area contributed by atoms with Crippen LogP contribution in [0.3, 0.4) is 0 Å². The summed E-state index contributed by atoms with van der Waals surface area (Å²) in [5, 5.41) is 11.2. The number of hydrogen-bond donors (Lipinski definition) is 1. The van der Waals surface area contributed by atoms with Crippen LogP contribution in [0.5, 0.6) is 0 Å². The minimum Gasteiger partial charge on any atom is -0.463 e. The summed E-state index contributed by atoms with van der Waals surface area (Å²) in [5.74, 6) is -1.05. The van der Waals surface area contributed by atoms with Crippen molar-refractivity contribution in [1.29, 1.82) is 0 Å². The number of hydrogen-bond acceptors (Lipinski definition) is 8. The van der Waals surface area contributed by atoms with Gasteiger partial charge >= 0.3 is 17.9 Å². The molecule has 1 rings (SSSR count). The number of ether oxygens (including phenoxy) is 4. The molecule has 0 saturated carbocycles. The van der Waals surface area contributed by atoms with Gasteiger partial charge in [-0.2, -0.15) is 0 Å². The lowest BCUT2D eigenvalue weighted by atomic mass is 10.0. The molecule has 4 atom stereocenters. The highest BCUT2D eigenvalue weighted by atomic mass is 16.6. The molecule has 0 radical (unpaired) electrons. The Labute approximate surface area is 421 Å². The van der Waals surface area contributed by atoms with Crippen LogP contribution in [0, 0.1) is 0 Å². The van der Waals surface area contributed by atoms with E-state index in [-0.39, 0.29) is 37.5 Å². The molecule has 0 aromatic rings. The molecule has 0 aromatic carbocycles. The van der Waals surface area contributed by atoms with Gasteiger partial charge in [0.05, 0.1) is 6.61 Å². The monoisotopic (exact) mass is 963 g/mol. The summed E-state index contributed by atoms with van der Waals surface area (Å²) in [7, 11) is 0. The van der Waals surface area contributed by atoms with E-state index in [2.05, 4.69) is 20.8 Å². The maximum absolute atomic E-state index is 13.2. The Balaban J connectivity index is 2.40. The van der Waals surface area contributed by atoms with E-state index in [1.54, 1.807) is 0 Å². The van der Waals surface area contributed by atoms with Crippen molar-refractivity contribution in [3.05, 3.63) is 0 Å². The first-order valence-electron chi connectivity index (χ1n) is 30.3. The molecule has 0 aromatic heterocycles. The average molecular weight is 964 g/mol. The van der Waals surface area contributed by atoms with E-state index in [0.29, 0.717) is 12.8 Å².